The van der Waals surface area contributed by atoms with Crippen molar-refractivity contribution in [3.8, 4) is 0 Å². The molecule has 1 aromatic carbocycles. The predicted molar refractivity (Wildman–Crippen MR) is 87.2 cm³/mol. The largest absolute Gasteiger partial charge is 0.373 e. The Morgan fingerprint density at radius 3 is 3.05 bits per heavy atom. The number of rotatable bonds is 5. The van der Waals surface area contributed by atoms with Crippen molar-refractivity contribution in [1.82, 2.24) is 9.38 Å². The van der Waals surface area contributed by atoms with Gasteiger partial charge in [0.05, 0.1) is 0 Å². The number of imidazole rings is 1. The van der Waals surface area contributed by atoms with Crippen molar-refractivity contribution in [3.05, 3.63) is 51.5 Å². The van der Waals surface area contributed by atoms with Crippen LogP contribution in [0.25, 0.3) is 4.96 Å². The first kappa shape index (κ1) is 14.7. The number of anilines is 2. The molecule has 0 amide bonds. The van der Waals surface area contributed by atoms with E-state index in [1.54, 1.807) is 23.9 Å². The normalized spacial score (nSPS) is 12.4. The molecule has 9 heteroatoms. The SMILES string of the molecule is CS(=O)Cc1cccc(Nc2nc3sccn3c2[N+](=O)[O-])c1. The average molecular weight is 336 g/mol. The molecular weight excluding hydrogens is 324 g/mol. The molecular formula is C13H12N4O3S2. The van der Waals surface area contributed by atoms with Crippen molar-refractivity contribution in [3.63, 3.8) is 0 Å². The molecule has 0 radical (unpaired) electrons. The quantitative estimate of drug-likeness (QED) is 0.571. The third-order valence-electron chi connectivity index (χ3n) is 2.97. The van der Waals surface area contributed by atoms with E-state index in [4.69, 9.17) is 0 Å². The Morgan fingerprint density at radius 2 is 2.32 bits per heavy atom. The molecule has 0 aliphatic rings. The van der Waals surface area contributed by atoms with Crippen molar-refractivity contribution in [2.24, 2.45) is 0 Å². The van der Waals surface area contributed by atoms with E-state index in [9.17, 15) is 14.3 Å². The highest BCUT2D eigenvalue weighted by Gasteiger charge is 2.23. The van der Waals surface area contributed by atoms with Crippen molar-refractivity contribution in [2.45, 2.75) is 5.75 Å². The summed E-state index contributed by atoms with van der Waals surface area (Å²) in [6.07, 6.45) is 3.25. The molecule has 2 heterocycles. The number of nitro groups is 1. The van der Waals surface area contributed by atoms with Crippen LogP contribution >= 0.6 is 11.3 Å². The van der Waals surface area contributed by atoms with E-state index in [0.717, 1.165) is 5.56 Å². The van der Waals surface area contributed by atoms with Crippen LogP contribution in [0, 0.1) is 10.1 Å². The van der Waals surface area contributed by atoms with Gasteiger partial charge in [0, 0.05) is 33.9 Å². The van der Waals surface area contributed by atoms with Gasteiger partial charge in [-0.3, -0.25) is 4.21 Å². The number of benzene rings is 1. The van der Waals surface area contributed by atoms with E-state index in [2.05, 4.69) is 10.3 Å². The summed E-state index contributed by atoms with van der Waals surface area (Å²) in [5, 5.41) is 16.0. The van der Waals surface area contributed by atoms with Crippen LogP contribution in [-0.2, 0) is 16.6 Å². The third kappa shape index (κ3) is 2.85. The van der Waals surface area contributed by atoms with Gasteiger partial charge in [-0.25, -0.2) is 0 Å². The lowest BCUT2D eigenvalue weighted by Gasteiger charge is -2.05. The van der Waals surface area contributed by atoms with E-state index in [1.807, 2.05) is 18.2 Å². The summed E-state index contributed by atoms with van der Waals surface area (Å²) in [5.74, 6) is 0.544. The van der Waals surface area contributed by atoms with E-state index in [0.29, 0.717) is 16.4 Å². The number of hydrogen-bond acceptors (Lipinski definition) is 6. The van der Waals surface area contributed by atoms with Crippen LogP contribution in [0.5, 0.6) is 0 Å². The number of aromatic nitrogens is 2. The maximum Gasteiger partial charge on any atom is 0.373 e. The summed E-state index contributed by atoms with van der Waals surface area (Å²) in [6.45, 7) is 0. The second kappa shape index (κ2) is 5.85. The van der Waals surface area contributed by atoms with Crippen molar-refractivity contribution >= 4 is 44.4 Å². The summed E-state index contributed by atoms with van der Waals surface area (Å²) >= 11 is 1.33. The monoisotopic (exact) mass is 336 g/mol. The van der Waals surface area contributed by atoms with E-state index in [1.165, 1.54) is 15.7 Å². The fourth-order valence-electron chi connectivity index (χ4n) is 2.14. The van der Waals surface area contributed by atoms with Crippen LogP contribution in [0.3, 0.4) is 0 Å². The summed E-state index contributed by atoms with van der Waals surface area (Å²) in [5.41, 5.74) is 1.58. The highest BCUT2D eigenvalue weighted by Crippen LogP contribution is 2.30. The minimum absolute atomic E-state index is 0.0966. The molecule has 7 nitrogen and oxygen atoms in total. The molecule has 22 heavy (non-hydrogen) atoms. The van der Waals surface area contributed by atoms with Gasteiger partial charge in [0.25, 0.3) is 4.96 Å². The van der Waals surface area contributed by atoms with Gasteiger partial charge < -0.3 is 15.4 Å². The molecule has 0 aliphatic carbocycles. The van der Waals surface area contributed by atoms with Crippen LogP contribution in [0.1, 0.15) is 5.56 Å². The first-order valence-electron chi connectivity index (χ1n) is 6.30. The van der Waals surface area contributed by atoms with Gasteiger partial charge in [-0.15, -0.1) is 0 Å². The minimum atomic E-state index is -0.943. The number of nitrogens with one attached hydrogen (secondary N) is 1. The maximum atomic E-state index is 11.3. The minimum Gasteiger partial charge on any atom is -0.358 e. The first-order chi connectivity index (χ1) is 10.5. The fourth-order valence-corrected chi connectivity index (χ4v) is 3.50. The fraction of sp³-hybridized carbons (Fsp3) is 0.154. The summed E-state index contributed by atoms with van der Waals surface area (Å²) in [7, 11) is -0.943. The number of thiazole rings is 1. The topological polar surface area (TPSA) is 89.5 Å². The zero-order valence-electron chi connectivity index (χ0n) is 11.6. The molecule has 2 aromatic heterocycles. The van der Waals surface area contributed by atoms with Gasteiger partial charge in [0.1, 0.15) is 6.20 Å². The predicted octanol–water partition coefficient (Wildman–Crippen LogP) is 2.93. The second-order valence-electron chi connectivity index (χ2n) is 4.64. The summed E-state index contributed by atoms with van der Waals surface area (Å²) in [6, 6.07) is 7.29. The highest BCUT2D eigenvalue weighted by molar-refractivity contribution is 7.83. The lowest BCUT2D eigenvalue weighted by atomic mass is 10.2. The smallest absolute Gasteiger partial charge is 0.358 e. The van der Waals surface area contributed by atoms with Crippen LogP contribution in [-0.4, -0.2) is 24.8 Å². The molecule has 0 saturated carbocycles. The lowest BCUT2D eigenvalue weighted by Crippen LogP contribution is -1.99. The maximum absolute atomic E-state index is 11.3. The molecule has 0 aliphatic heterocycles. The van der Waals surface area contributed by atoms with Crippen LogP contribution in [0.2, 0.25) is 0 Å². The van der Waals surface area contributed by atoms with E-state index in [-0.39, 0.29) is 11.6 Å². The van der Waals surface area contributed by atoms with Crippen LogP contribution in [0.4, 0.5) is 17.3 Å². The Hall–Kier alpha value is -2.26. The second-order valence-corrected chi connectivity index (χ2v) is 6.95. The zero-order valence-corrected chi connectivity index (χ0v) is 13.2. The standard InChI is InChI=1S/C13H12N4O3S2/c1-22(20)8-9-3-2-4-10(7-9)14-11-12(17(18)19)16-5-6-21-13(16)15-11/h2-7,14H,8H2,1H3. The van der Waals surface area contributed by atoms with Gasteiger partial charge in [-0.1, -0.05) is 23.5 Å². The Kier molecular flexibility index (Phi) is 3.90. The van der Waals surface area contributed by atoms with E-state index < -0.39 is 15.7 Å². The van der Waals surface area contributed by atoms with Crippen LogP contribution in [0.15, 0.2) is 35.8 Å². The molecule has 0 fully saturated rings. The van der Waals surface area contributed by atoms with Gasteiger partial charge in [0.2, 0.25) is 5.82 Å². The van der Waals surface area contributed by atoms with Gasteiger partial charge >= 0.3 is 5.82 Å². The lowest BCUT2D eigenvalue weighted by molar-refractivity contribution is -0.389. The molecule has 0 bridgehead atoms. The molecule has 114 valence electrons. The third-order valence-corrected chi connectivity index (χ3v) is 4.47. The molecule has 0 saturated heterocycles. The Bertz CT molecular complexity index is 871. The first-order valence-corrected chi connectivity index (χ1v) is 8.91. The number of fused-ring (bicyclic) bond motifs is 1. The summed E-state index contributed by atoms with van der Waals surface area (Å²) in [4.78, 5) is 15.6. The molecule has 1 atom stereocenters. The molecule has 0 spiro atoms. The number of hydrogen-bond donors (Lipinski definition) is 1. The molecule has 3 aromatic rings. The Labute approximate surface area is 132 Å². The molecule has 1 N–H and O–H groups in total. The molecule has 3 rings (SSSR count). The van der Waals surface area contributed by atoms with Crippen molar-refractivity contribution in [2.75, 3.05) is 11.6 Å². The van der Waals surface area contributed by atoms with E-state index >= 15 is 0 Å². The van der Waals surface area contributed by atoms with Crippen molar-refractivity contribution in [1.29, 1.82) is 0 Å². The van der Waals surface area contributed by atoms with Crippen molar-refractivity contribution < 1.29 is 9.13 Å². The molecule has 1 unspecified atom stereocenters. The van der Waals surface area contributed by atoms with Gasteiger partial charge in [-0.05, 0) is 22.6 Å². The zero-order chi connectivity index (χ0) is 15.7. The Balaban J connectivity index is 1.96. The number of nitrogens with zero attached hydrogens (tertiary/aromatic N) is 3. The average Bonchev–Trinajstić information content (AvgIpc) is 2.97. The van der Waals surface area contributed by atoms with Gasteiger partial charge in [0.15, 0.2) is 0 Å². The highest BCUT2D eigenvalue weighted by atomic mass is 32.2. The van der Waals surface area contributed by atoms with Crippen LogP contribution < -0.4 is 5.32 Å². The Morgan fingerprint density at radius 1 is 1.50 bits per heavy atom. The van der Waals surface area contributed by atoms with Gasteiger partial charge in [-0.2, -0.15) is 9.38 Å². The summed E-state index contributed by atoms with van der Waals surface area (Å²) < 4.78 is 12.7.